The van der Waals surface area contributed by atoms with Crippen molar-refractivity contribution in [1.29, 1.82) is 0 Å². The van der Waals surface area contributed by atoms with Crippen LogP contribution in [0.3, 0.4) is 0 Å². The number of nitrogens with one attached hydrogen (secondary N) is 1. The number of anilines is 1. The van der Waals surface area contributed by atoms with Crippen LogP contribution in [0.5, 0.6) is 0 Å². The largest absolute Gasteiger partial charge is 0.416 e. The molecule has 0 saturated carbocycles. The van der Waals surface area contributed by atoms with Crippen molar-refractivity contribution in [3.8, 4) is 5.69 Å². The number of nitrogens with zero attached hydrogens (tertiary/aromatic N) is 4. The van der Waals surface area contributed by atoms with Crippen LogP contribution in [0.15, 0.2) is 78.9 Å². The first-order chi connectivity index (χ1) is 22.0. The van der Waals surface area contributed by atoms with Gasteiger partial charge in [-0.2, -0.15) is 18.3 Å². The maximum absolute atomic E-state index is 14.3. The van der Waals surface area contributed by atoms with E-state index in [1.807, 2.05) is 30.3 Å². The number of alkyl halides is 4. The van der Waals surface area contributed by atoms with Gasteiger partial charge < -0.3 is 5.32 Å². The lowest BCUT2D eigenvalue weighted by molar-refractivity contribution is -0.137. The molecule has 6 rings (SSSR count). The van der Waals surface area contributed by atoms with Crippen molar-refractivity contribution in [1.82, 2.24) is 20.0 Å². The van der Waals surface area contributed by atoms with E-state index in [1.165, 1.54) is 35.2 Å². The number of likely N-dealkylation sites (N-methyl/N-ethyl adjacent to an activating group) is 1. The highest BCUT2D eigenvalue weighted by atomic mass is 19.4. The predicted molar refractivity (Wildman–Crippen MR) is 162 cm³/mol. The summed E-state index contributed by atoms with van der Waals surface area (Å²) in [5.41, 5.74) is 1.15. The Morgan fingerprint density at radius 1 is 0.978 bits per heavy atom. The Hall–Kier alpha value is -4.58. The van der Waals surface area contributed by atoms with E-state index < -0.39 is 47.5 Å². The van der Waals surface area contributed by atoms with Crippen LogP contribution in [0.25, 0.3) is 5.69 Å². The number of para-hydroxylation sites is 1. The van der Waals surface area contributed by atoms with Gasteiger partial charge >= 0.3 is 6.18 Å². The summed E-state index contributed by atoms with van der Waals surface area (Å²) in [6.07, 6.45) is -4.81. The van der Waals surface area contributed by atoms with Gasteiger partial charge in [-0.05, 0) is 67.8 Å². The fourth-order valence-corrected chi connectivity index (χ4v) is 6.30. The van der Waals surface area contributed by atoms with E-state index in [1.54, 1.807) is 11.6 Å². The number of hydrogen-bond donors (Lipinski definition) is 1. The Labute approximate surface area is 262 Å². The van der Waals surface area contributed by atoms with E-state index in [2.05, 4.69) is 10.2 Å². The van der Waals surface area contributed by atoms with Crippen molar-refractivity contribution in [2.24, 2.45) is 0 Å². The summed E-state index contributed by atoms with van der Waals surface area (Å²) in [4.78, 5) is 31.5. The number of fused-ring (bicyclic) bond motifs is 1. The van der Waals surface area contributed by atoms with Crippen LogP contribution in [0.1, 0.15) is 58.4 Å². The van der Waals surface area contributed by atoms with Gasteiger partial charge in [0.25, 0.3) is 11.8 Å². The van der Waals surface area contributed by atoms with Gasteiger partial charge in [-0.3, -0.25) is 19.4 Å². The summed E-state index contributed by atoms with van der Waals surface area (Å²) in [6.45, 7) is 3.30. The summed E-state index contributed by atoms with van der Waals surface area (Å²) in [6, 6.07) is 17.5. The third-order valence-corrected chi connectivity index (χ3v) is 8.58. The van der Waals surface area contributed by atoms with Gasteiger partial charge in [-0.15, -0.1) is 0 Å². The molecule has 1 fully saturated rings. The number of aromatic nitrogens is 2. The lowest BCUT2D eigenvalue weighted by Gasteiger charge is -2.39. The molecule has 0 unspecified atom stereocenters. The molecule has 2 aliphatic rings. The molecule has 0 bridgehead atoms. The van der Waals surface area contributed by atoms with E-state index in [4.69, 9.17) is 5.10 Å². The average molecular weight is 638 g/mol. The zero-order chi connectivity index (χ0) is 32.6. The molecule has 1 aromatic heterocycles. The fraction of sp³-hybridized carbons (Fsp3) is 0.324. The second kappa shape index (κ2) is 12.7. The van der Waals surface area contributed by atoms with Crippen LogP contribution in [0.4, 0.5) is 27.8 Å². The molecule has 2 aliphatic heterocycles. The zero-order valence-electron chi connectivity index (χ0n) is 25.0. The molecule has 7 nitrogen and oxygen atoms in total. The molecule has 4 aromatic rings. The number of carbonyl (C=O) groups excluding carboxylic acids is 2. The molecule has 3 aromatic carbocycles. The zero-order valence-corrected chi connectivity index (χ0v) is 25.0. The average Bonchev–Trinajstić information content (AvgIpc) is 3.41. The number of hydrogen-bond acceptors (Lipinski definition) is 4. The topological polar surface area (TPSA) is 70.5 Å². The Kier molecular flexibility index (Phi) is 8.65. The first-order valence-electron chi connectivity index (χ1n) is 15.1. The first kappa shape index (κ1) is 31.4. The van der Waals surface area contributed by atoms with Gasteiger partial charge in [-0.1, -0.05) is 36.4 Å². The van der Waals surface area contributed by atoms with E-state index in [-0.39, 0.29) is 12.1 Å². The highest BCUT2D eigenvalue weighted by Crippen LogP contribution is 2.44. The van der Waals surface area contributed by atoms with Crippen LogP contribution in [-0.4, -0.2) is 58.3 Å². The van der Waals surface area contributed by atoms with Crippen LogP contribution in [-0.2, 0) is 17.5 Å². The number of piperidine rings is 1. The Morgan fingerprint density at radius 3 is 2.33 bits per heavy atom. The Morgan fingerprint density at radius 2 is 1.67 bits per heavy atom. The molecule has 3 heterocycles. The molecule has 46 heavy (non-hydrogen) atoms. The van der Waals surface area contributed by atoms with Gasteiger partial charge in [0.05, 0.1) is 16.9 Å². The van der Waals surface area contributed by atoms with Gasteiger partial charge in [-0.25, -0.2) is 13.5 Å². The number of carbonyl (C=O) groups is 2. The standard InChI is InChI=1S/C34H32F5N5O2/c1-2-43-32-29(27(20-42-17-15-25(36)16-18-42)41-44(32)26-9-4-3-5-10-26)28(21-11-13-24(35)14-12-21)30(33(43)46)40-31(45)22-7-6-8-23(19-22)34(37,38)39/h3-14,19,25,28,30H,2,15-18,20H2,1H3,(H,40,45)/t28-,30-/m0/s1. The fourth-order valence-electron chi connectivity index (χ4n) is 6.30. The normalized spacial score (nSPS) is 19.3. The smallest absolute Gasteiger partial charge is 0.339 e. The van der Waals surface area contributed by atoms with Crippen LogP contribution >= 0.6 is 0 Å². The molecule has 0 aliphatic carbocycles. The summed E-state index contributed by atoms with van der Waals surface area (Å²) in [7, 11) is 0. The third-order valence-electron chi connectivity index (χ3n) is 8.58. The summed E-state index contributed by atoms with van der Waals surface area (Å²) in [5.74, 6) is -2.25. The van der Waals surface area contributed by atoms with E-state index in [0.717, 1.165) is 18.2 Å². The minimum absolute atomic E-state index is 0.198. The molecule has 0 spiro atoms. The molecule has 240 valence electrons. The number of likely N-dealkylation sites (tertiary alicyclic amines) is 1. The molecule has 1 N–H and O–H groups in total. The van der Waals surface area contributed by atoms with E-state index >= 15 is 0 Å². The minimum atomic E-state index is -4.67. The number of amides is 2. The molecule has 1 saturated heterocycles. The van der Waals surface area contributed by atoms with Crippen molar-refractivity contribution in [2.45, 2.75) is 50.6 Å². The number of benzene rings is 3. The van der Waals surface area contributed by atoms with Crippen molar-refractivity contribution >= 4 is 17.6 Å². The van der Waals surface area contributed by atoms with Gasteiger partial charge in [0, 0.05) is 43.2 Å². The van der Waals surface area contributed by atoms with Crippen molar-refractivity contribution in [3.05, 3.63) is 113 Å². The lowest BCUT2D eigenvalue weighted by Crippen LogP contribution is -2.55. The maximum Gasteiger partial charge on any atom is 0.416 e. The van der Waals surface area contributed by atoms with Gasteiger partial charge in [0.1, 0.15) is 23.8 Å². The first-order valence-corrected chi connectivity index (χ1v) is 15.1. The van der Waals surface area contributed by atoms with Crippen molar-refractivity contribution in [3.63, 3.8) is 0 Å². The van der Waals surface area contributed by atoms with Crippen molar-refractivity contribution < 1.29 is 31.5 Å². The van der Waals surface area contributed by atoms with Gasteiger partial charge in [0.2, 0.25) is 0 Å². The SMILES string of the molecule is CCN1C(=O)[C@@H](NC(=O)c2cccc(C(F)(F)F)c2)[C@@H](c2ccc(F)cc2)c2c(CN3CCC(F)CC3)nn(-c3ccccc3)c21. The Bertz CT molecular complexity index is 1720. The summed E-state index contributed by atoms with van der Waals surface area (Å²) in [5, 5.41) is 7.71. The third kappa shape index (κ3) is 6.13. The number of rotatable bonds is 7. The second-order valence-electron chi connectivity index (χ2n) is 11.5. The van der Waals surface area contributed by atoms with Gasteiger partial charge in [0.15, 0.2) is 0 Å². The monoisotopic (exact) mass is 637 g/mol. The second-order valence-corrected chi connectivity index (χ2v) is 11.5. The highest BCUT2D eigenvalue weighted by molar-refractivity contribution is 6.05. The molecular weight excluding hydrogens is 605 g/mol. The molecule has 0 radical (unpaired) electrons. The minimum Gasteiger partial charge on any atom is -0.339 e. The molecule has 12 heteroatoms. The highest BCUT2D eigenvalue weighted by Gasteiger charge is 2.46. The predicted octanol–water partition coefficient (Wildman–Crippen LogP) is 6.26. The quantitative estimate of drug-likeness (QED) is 0.243. The number of halogens is 5. The van der Waals surface area contributed by atoms with Crippen LogP contribution in [0, 0.1) is 5.82 Å². The molecule has 2 amide bonds. The summed E-state index contributed by atoms with van der Waals surface area (Å²) < 4.78 is 70.3. The van der Waals surface area contributed by atoms with E-state index in [0.29, 0.717) is 60.8 Å². The van der Waals surface area contributed by atoms with Crippen LogP contribution in [0.2, 0.25) is 0 Å². The lowest BCUT2D eigenvalue weighted by atomic mass is 9.80. The molecule has 2 atom stereocenters. The van der Waals surface area contributed by atoms with Crippen molar-refractivity contribution in [2.75, 3.05) is 24.5 Å². The Balaban J connectivity index is 1.51. The molecular formula is C34H32F5N5O2. The van der Waals surface area contributed by atoms with E-state index in [9.17, 15) is 31.5 Å². The van der Waals surface area contributed by atoms with Crippen LogP contribution < -0.4 is 10.2 Å². The summed E-state index contributed by atoms with van der Waals surface area (Å²) >= 11 is 0. The maximum atomic E-state index is 14.3.